The van der Waals surface area contributed by atoms with Crippen LogP contribution in [0.25, 0.3) is 11.6 Å². The van der Waals surface area contributed by atoms with Crippen LogP contribution in [0.4, 0.5) is 5.69 Å². The van der Waals surface area contributed by atoms with Crippen molar-refractivity contribution in [3.05, 3.63) is 95.1 Å². The van der Waals surface area contributed by atoms with Crippen LogP contribution in [0.1, 0.15) is 79.9 Å². The van der Waals surface area contributed by atoms with Gasteiger partial charge in [0, 0.05) is 29.1 Å². The first-order chi connectivity index (χ1) is 20.6. The lowest BCUT2D eigenvalue weighted by molar-refractivity contribution is -0.111. The van der Waals surface area contributed by atoms with E-state index < -0.39 is 11.1 Å². The SMILES string of the molecule is CC(C)(C)c1ccc(/C(=C\c2ccc(C(=O)NCCS(=O)[O-])cc2)C(=O)Nc2ccc(OCC3CCCCC3)cc2)cc1. The van der Waals surface area contributed by atoms with E-state index in [-0.39, 0.29) is 29.5 Å². The fraction of sp³-hybridized carbons (Fsp3) is 0.371. The van der Waals surface area contributed by atoms with Gasteiger partial charge in [-0.1, -0.05) is 87.5 Å². The molecular weight excluding hydrogens is 560 g/mol. The first-order valence-electron chi connectivity index (χ1n) is 14.9. The van der Waals surface area contributed by atoms with Crippen molar-refractivity contribution in [3.8, 4) is 5.75 Å². The third-order valence-electron chi connectivity index (χ3n) is 7.67. The summed E-state index contributed by atoms with van der Waals surface area (Å²) in [5.41, 5.74) is 4.20. The Morgan fingerprint density at radius 3 is 2.14 bits per heavy atom. The lowest BCUT2D eigenvalue weighted by Gasteiger charge is -2.21. The second-order valence-electron chi connectivity index (χ2n) is 12.1. The number of hydrogen-bond acceptors (Lipinski definition) is 5. The molecule has 3 aromatic rings. The smallest absolute Gasteiger partial charge is 0.256 e. The van der Waals surface area contributed by atoms with Gasteiger partial charge in [0.2, 0.25) is 0 Å². The van der Waals surface area contributed by atoms with Gasteiger partial charge >= 0.3 is 0 Å². The number of nitrogens with one attached hydrogen (secondary N) is 2. The van der Waals surface area contributed by atoms with Crippen molar-refractivity contribution in [2.75, 3.05) is 24.2 Å². The normalized spacial score (nSPS) is 15.0. The molecule has 7 nitrogen and oxygen atoms in total. The number of ether oxygens (including phenoxy) is 1. The predicted molar refractivity (Wildman–Crippen MR) is 173 cm³/mol. The van der Waals surface area contributed by atoms with E-state index in [1.807, 2.05) is 48.5 Å². The average Bonchev–Trinajstić information content (AvgIpc) is 2.99. The summed E-state index contributed by atoms with van der Waals surface area (Å²) in [6, 6.07) is 22.3. The van der Waals surface area contributed by atoms with Crippen LogP contribution >= 0.6 is 0 Å². The molecule has 8 heteroatoms. The summed E-state index contributed by atoms with van der Waals surface area (Å²) in [7, 11) is 0. The molecule has 1 saturated carbocycles. The van der Waals surface area contributed by atoms with Crippen LogP contribution in [0.2, 0.25) is 0 Å². The maximum Gasteiger partial charge on any atom is 0.256 e. The van der Waals surface area contributed by atoms with Crippen molar-refractivity contribution in [1.82, 2.24) is 5.32 Å². The Kier molecular flexibility index (Phi) is 11.3. The molecule has 2 N–H and O–H groups in total. The van der Waals surface area contributed by atoms with Gasteiger partial charge in [-0.25, -0.2) is 0 Å². The maximum absolute atomic E-state index is 13.6. The van der Waals surface area contributed by atoms with Crippen LogP contribution in [-0.4, -0.2) is 39.5 Å². The molecule has 0 radical (unpaired) electrons. The van der Waals surface area contributed by atoms with Gasteiger partial charge in [-0.3, -0.25) is 13.8 Å². The van der Waals surface area contributed by atoms with E-state index in [0.717, 1.165) is 29.0 Å². The van der Waals surface area contributed by atoms with Crippen LogP contribution in [0.3, 0.4) is 0 Å². The van der Waals surface area contributed by atoms with E-state index in [2.05, 4.69) is 31.4 Å². The summed E-state index contributed by atoms with van der Waals surface area (Å²) in [5, 5.41) is 5.61. The summed E-state index contributed by atoms with van der Waals surface area (Å²) < 4.78 is 27.5. The minimum atomic E-state index is -2.21. The molecule has 1 aliphatic carbocycles. The Bertz CT molecular complexity index is 1420. The van der Waals surface area contributed by atoms with E-state index in [1.165, 1.54) is 32.1 Å². The predicted octanol–water partition coefficient (Wildman–Crippen LogP) is 6.73. The van der Waals surface area contributed by atoms with Crippen LogP contribution in [0.5, 0.6) is 5.75 Å². The molecule has 1 atom stereocenters. The molecule has 2 amide bonds. The van der Waals surface area contributed by atoms with E-state index in [1.54, 1.807) is 30.3 Å². The number of hydrogen-bond donors (Lipinski definition) is 2. The highest BCUT2D eigenvalue weighted by Crippen LogP contribution is 2.28. The molecule has 228 valence electrons. The van der Waals surface area contributed by atoms with Gasteiger partial charge in [-0.15, -0.1) is 0 Å². The minimum Gasteiger partial charge on any atom is -0.772 e. The summed E-state index contributed by atoms with van der Waals surface area (Å²) in [4.78, 5) is 26.0. The molecule has 1 fully saturated rings. The molecule has 0 aliphatic heterocycles. The monoisotopic (exact) mass is 601 g/mol. The Morgan fingerprint density at radius 2 is 1.53 bits per heavy atom. The Balaban J connectivity index is 1.50. The van der Waals surface area contributed by atoms with Crippen molar-refractivity contribution in [2.24, 2.45) is 5.92 Å². The molecule has 0 saturated heterocycles. The van der Waals surface area contributed by atoms with Crippen molar-refractivity contribution in [2.45, 2.75) is 58.3 Å². The largest absolute Gasteiger partial charge is 0.772 e. The number of carbonyl (C=O) groups is 2. The third kappa shape index (κ3) is 9.90. The lowest BCUT2D eigenvalue weighted by Crippen LogP contribution is -2.27. The highest BCUT2D eigenvalue weighted by Gasteiger charge is 2.18. The van der Waals surface area contributed by atoms with Gasteiger partial charge in [0.05, 0.1) is 6.61 Å². The van der Waals surface area contributed by atoms with Gasteiger partial charge in [0.1, 0.15) is 5.75 Å². The number of benzene rings is 3. The standard InChI is InChI=1S/C35H42N2O5S/c1-35(2,3)29-15-13-27(14-16-29)32(23-25-9-11-28(12-10-25)33(38)36-21-22-43(40)41)34(39)37-30-17-19-31(20-18-30)42-24-26-7-5-4-6-8-26/h9-20,23,26H,4-8,21-22,24H2,1-3H3,(H,36,38)(H,37,39)(H,40,41)/p-1/b32-23+. The highest BCUT2D eigenvalue weighted by atomic mass is 32.2. The molecule has 3 aromatic carbocycles. The maximum atomic E-state index is 13.6. The number of carbonyl (C=O) groups excluding carboxylic acids is 2. The zero-order valence-electron chi connectivity index (χ0n) is 25.2. The summed E-state index contributed by atoms with van der Waals surface area (Å²) in [6.45, 7) is 7.20. The fourth-order valence-corrected chi connectivity index (χ4v) is 5.35. The first kappa shape index (κ1) is 32.2. The fourth-order valence-electron chi connectivity index (χ4n) is 5.08. The minimum absolute atomic E-state index is 0.0232. The number of amides is 2. The molecular formula is C35H41N2O5S-. The molecule has 4 rings (SSSR count). The average molecular weight is 602 g/mol. The molecule has 0 spiro atoms. The topological polar surface area (TPSA) is 108 Å². The van der Waals surface area contributed by atoms with Crippen molar-refractivity contribution in [3.63, 3.8) is 0 Å². The zero-order valence-corrected chi connectivity index (χ0v) is 26.0. The van der Waals surface area contributed by atoms with Crippen LogP contribution in [-0.2, 0) is 21.3 Å². The van der Waals surface area contributed by atoms with Gasteiger partial charge in [0.15, 0.2) is 0 Å². The Hall–Kier alpha value is -3.75. The molecule has 1 unspecified atom stereocenters. The third-order valence-corrected chi connectivity index (χ3v) is 8.20. The summed E-state index contributed by atoms with van der Waals surface area (Å²) >= 11 is -2.21. The van der Waals surface area contributed by atoms with Crippen LogP contribution < -0.4 is 15.4 Å². The Morgan fingerprint density at radius 1 is 0.907 bits per heavy atom. The van der Waals surface area contributed by atoms with Gasteiger partial charge in [0.25, 0.3) is 11.8 Å². The molecule has 0 bridgehead atoms. The van der Waals surface area contributed by atoms with Crippen LogP contribution in [0.15, 0.2) is 72.8 Å². The lowest BCUT2D eigenvalue weighted by atomic mass is 9.86. The Labute approximate surface area is 257 Å². The first-order valence-corrected chi connectivity index (χ1v) is 16.1. The van der Waals surface area contributed by atoms with E-state index >= 15 is 0 Å². The van der Waals surface area contributed by atoms with Gasteiger partial charge in [-0.05, 0) is 83.3 Å². The second-order valence-corrected chi connectivity index (χ2v) is 13.1. The van der Waals surface area contributed by atoms with Gasteiger partial charge < -0.3 is 19.9 Å². The van der Waals surface area contributed by atoms with Gasteiger partial charge in [-0.2, -0.15) is 0 Å². The van der Waals surface area contributed by atoms with Crippen molar-refractivity contribution in [1.29, 1.82) is 0 Å². The summed E-state index contributed by atoms with van der Waals surface area (Å²) in [5.74, 6) is 0.650. The highest BCUT2D eigenvalue weighted by molar-refractivity contribution is 7.79. The number of rotatable bonds is 11. The molecule has 0 heterocycles. The van der Waals surface area contributed by atoms with E-state index in [0.29, 0.717) is 22.7 Å². The van der Waals surface area contributed by atoms with Crippen LogP contribution in [0, 0.1) is 5.92 Å². The van der Waals surface area contributed by atoms with Crippen molar-refractivity contribution >= 4 is 40.2 Å². The quantitative estimate of drug-likeness (QED) is 0.144. The zero-order chi connectivity index (χ0) is 30.8. The molecule has 43 heavy (non-hydrogen) atoms. The van der Waals surface area contributed by atoms with Crippen molar-refractivity contribution < 1.29 is 23.1 Å². The molecule has 1 aliphatic rings. The van der Waals surface area contributed by atoms with E-state index in [4.69, 9.17) is 4.74 Å². The number of anilines is 1. The second kappa shape index (κ2) is 15.1. The summed E-state index contributed by atoms with van der Waals surface area (Å²) in [6.07, 6.45) is 8.12. The molecule has 0 aromatic heterocycles. The van der Waals surface area contributed by atoms with E-state index in [9.17, 15) is 18.4 Å².